The Kier molecular flexibility index (Phi) is 4.72. The first kappa shape index (κ1) is 14.2. The Morgan fingerprint density at radius 3 is 2.84 bits per heavy atom. The van der Waals surface area contributed by atoms with E-state index in [1.54, 1.807) is 29.4 Å². The summed E-state index contributed by atoms with van der Waals surface area (Å²) in [5.41, 5.74) is 1.32. The van der Waals surface area contributed by atoms with Gasteiger partial charge in [-0.1, -0.05) is 11.6 Å². The van der Waals surface area contributed by atoms with Crippen molar-refractivity contribution in [3.8, 4) is 5.75 Å². The Labute approximate surface area is 122 Å². The standard InChI is InChI=1S/C14H15Cl2NO2/c1-10-9-19-13-8-11(16)4-5-12(13)14(18)17(10)7-3-2-6-15/h4-5,8-9H,2-3,6-7H2,1H3. The molecule has 1 aliphatic rings. The topological polar surface area (TPSA) is 29.5 Å². The SMILES string of the molecule is CC1=COc2cc(Cl)ccc2C(=O)N1CCCCCl. The molecule has 1 amide bonds. The number of hydrogen-bond donors (Lipinski definition) is 0. The van der Waals surface area contributed by atoms with Gasteiger partial charge in [-0.15, -0.1) is 11.6 Å². The van der Waals surface area contributed by atoms with Crippen LogP contribution in [0, 0.1) is 0 Å². The van der Waals surface area contributed by atoms with E-state index in [4.69, 9.17) is 27.9 Å². The lowest BCUT2D eigenvalue weighted by Gasteiger charge is -2.21. The summed E-state index contributed by atoms with van der Waals surface area (Å²) in [5, 5.41) is 0.549. The van der Waals surface area contributed by atoms with Gasteiger partial charge in [0, 0.05) is 23.5 Å². The lowest BCUT2D eigenvalue weighted by molar-refractivity contribution is 0.0806. The highest BCUT2D eigenvalue weighted by atomic mass is 35.5. The number of alkyl halides is 1. The molecule has 0 atom stereocenters. The summed E-state index contributed by atoms with van der Waals surface area (Å²) in [6.45, 7) is 2.49. The number of ether oxygens (including phenoxy) is 1. The monoisotopic (exact) mass is 299 g/mol. The van der Waals surface area contributed by atoms with E-state index in [0.717, 1.165) is 18.5 Å². The van der Waals surface area contributed by atoms with Crippen LogP contribution in [0.2, 0.25) is 5.02 Å². The number of halogens is 2. The predicted octanol–water partition coefficient (Wildman–Crippen LogP) is 4.05. The first-order chi connectivity index (χ1) is 9.13. The second-order valence-electron chi connectivity index (χ2n) is 4.37. The van der Waals surface area contributed by atoms with E-state index in [2.05, 4.69) is 0 Å². The minimum Gasteiger partial charge on any atom is -0.462 e. The highest BCUT2D eigenvalue weighted by Crippen LogP contribution is 2.29. The average Bonchev–Trinajstić information content (AvgIpc) is 2.50. The van der Waals surface area contributed by atoms with Crippen LogP contribution in [0.4, 0.5) is 0 Å². The van der Waals surface area contributed by atoms with Crippen molar-refractivity contribution in [3.63, 3.8) is 0 Å². The first-order valence-electron chi connectivity index (χ1n) is 6.14. The predicted molar refractivity (Wildman–Crippen MR) is 76.8 cm³/mol. The van der Waals surface area contributed by atoms with E-state index in [-0.39, 0.29) is 5.91 Å². The molecule has 1 aliphatic heterocycles. The summed E-state index contributed by atoms with van der Waals surface area (Å²) in [7, 11) is 0. The fourth-order valence-electron chi connectivity index (χ4n) is 1.93. The molecule has 0 aliphatic carbocycles. The highest BCUT2D eigenvalue weighted by Gasteiger charge is 2.24. The third-order valence-electron chi connectivity index (χ3n) is 2.97. The quantitative estimate of drug-likeness (QED) is 0.620. The van der Waals surface area contributed by atoms with E-state index in [0.29, 0.717) is 28.8 Å². The van der Waals surface area contributed by atoms with Crippen molar-refractivity contribution in [1.82, 2.24) is 4.90 Å². The fraction of sp³-hybridized carbons (Fsp3) is 0.357. The summed E-state index contributed by atoms with van der Waals surface area (Å²) in [4.78, 5) is 14.2. The van der Waals surface area contributed by atoms with Crippen molar-refractivity contribution >= 4 is 29.1 Å². The van der Waals surface area contributed by atoms with Crippen LogP contribution >= 0.6 is 23.2 Å². The van der Waals surface area contributed by atoms with Crippen molar-refractivity contribution in [2.75, 3.05) is 12.4 Å². The van der Waals surface area contributed by atoms with Gasteiger partial charge < -0.3 is 9.64 Å². The summed E-state index contributed by atoms with van der Waals surface area (Å²) in [6, 6.07) is 5.04. The number of carbonyl (C=O) groups excluding carboxylic acids is 1. The Bertz CT molecular complexity index is 514. The molecule has 0 saturated carbocycles. The van der Waals surface area contributed by atoms with Crippen LogP contribution < -0.4 is 4.74 Å². The molecule has 2 rings (SSSR count). The molecule has 0 N–H and O–H groups in total. The van der Waals surface area contributed by atoms with Crippen LogP contribution in [-0.2, 0) is 0 Å². The van der Waals surface area contributed by atoms with E-state index < -0.39 is 0 Å². The van der Waals surface area contributed by atoms with Gasteiger partial charge in [-0.2, -0.15) is 0 Å². The number of carbonyl (C=O) groups is 1. The van der Waals surface area contributed by atoms with Crippen LogP contribution in [-0.4, -0.2) is 23.2 Å². The van der Waals surface area contributed by atoms with Gasteiger partial charge in [0.05, 0.1) is 11.3 Å². The molecule has 0 fully saturated rings. The number of rotatable bonds is 4. The molecule has 1 heterocycles. The lowest BCUT2D eigenvalue weighted by atomic mass is 10.1. The number of hydrogen-bond acceptors (Lipinski definition) is 2. The summed E-state index contributed by atoms with van der Waals surface area (Å²) >= 11 is 11.6. The first-order valence-corrected chi connectivity index (χ1v) is 7.05. The van der Waals surface area contributed by atoms with E-state index >= 15 is 0 Å². The number of unbranched alkanes of at least 4 members (excludes halogenated alkanes) is 1. The van der Waals surface area contributed by atoms with Gasteiger partial charge >= 0.3 is 0 Å². The summed E-state index contributed by atoms with van der Waals surface area (Å²) < 4.78 is 5.51. The maximum atomic E-state index is 12.5. The lowest BCUT2D eigenvalue weighted by Crippen LogP contribution is -2.29. The average molecular weight is 300 g/mol. The Hall–Kier alpha value is -1.19. The van der Waals surface area contributed by atoms with Gasteiger partial charge in [-0.3, -0.25) is 4.79 Å². The number of allylic oxidation sites excluding steroid dienone is 1. The Morgan fingerprint density at radius 2 is 2.11 bits per heavy atom. The third-order valence-corrected chi connectivity index (χ3v) is 3.47. The molecule has 0 spiro atoms. The van der Waals surface area contributed by atoms with Crippen LogP contribution in [0.15, 0.2) is 30.2 Å². The van der Waals surface area contributed by atoms with E-state index in [1.807, 2.05) is 6.92 Å². The van der Waals surface area contributed by atoms with Gasteiger partial charge in [-0.25, -0.2) is 0 Å². The van der Waals surface area contributed by atoms with Crippen LogP contribution in [0.25, 0.3) is 0 Å². The van der Waals surface area contributed by atoms with Crippen molar-refractivity contribution in [2.24, 2.45) is 0 Å². The van der Waals surface area contributed by atoms with Gasteiger partial charge in [-0.05, 0) is 31.9 Å². The number of amides is 1. The molecule has 1 aromatic rings. The molecule has 0 radical (unpaired) electrons. The molecular formula is C14H15Cl2NO2. The van der Waals surface area contributed by atoms with Gasteiger partial charge in [0.25, 0.3) is 5.91 Å². The van der Waals surface area contributed by atoms with Gasteiger partial charge in [0.2, 0.25) is 0 Å². The van der Waals surface area contributed by atoms with E-state index in [9.17, 15) is 4.79 Å². The molecule has 0 aromatic heterocycles. The molecule has 19 heavy (non-hydrogen) atoms. The van der Waals surface area contributed by atoms with Gasteiger partial charge in [0.15, 0.2) is 0 Å². The van der Waals surface area contributed by atoms with Crippen LogP contribution in [0.1, 0.15) is 30.1 Å². The zero-order valence-corrected chi connectivity index (χ0v) is 12.2. The van der Waals surface area contributed by atoms with Gasteiger partial charge in [0.1, 0.15) is 12.0 Å². The molecule has 5 heteroatoms. The molecule has 0 bridgehead atoms. The zero-order chi connectivity index (χ0) is 13.8. The van der Waals surface area contributed by atoms with E-state index in [1.165, 1.54) is 0 Å². The summed E-state index contributed by atoms with van der Waals surface area (Å²) in [6.07, 6.45) is 3.33. The molecule has 0 unspecified atom stereocenters. The van der Waals surface area contributed by atoms with Crippen molar-refractivity contribution in [1.29, 1.82) is 0 Å². The smallest absolute Gasteiger partial charge is 0.261 e. The maximum absolute atomic E-state index is 12.5. The summed E-state index contributed by atoms with van der Waals surface area (Å²) in [5.74, 6) is 1.04. The largest absolute Gasteiger partial charge is 0.462 e. The molecule has 102 valence electrons. The second-order valence-corrected chi connectivity index (χ2v) is 5.18. The minimum atomic E-state index is -0.0625. The minimum absolute atomic E-state index is 0.0625. The number of benzene rings is 1. The van der Waals surface area contributed by atoms with Crippen LogP contribution in [0.3, 0.4) is 0 Å². The number of fused-ring (bicyclic) bond motifs is 1. The molecule has 0 saturated heterocycles. The van der Waals surface area contributed by atoms with Crippen LogP contribution in [0.5, 0.6) is 5.75 Å². The Morgan fingerprint density at radius 1 is 1.32 bits per heavy atom. The third kappa shape index (κ3) is 3.23. The zero-order valence-electron chi connectivity index (χ0n) is 10.7. The molecule has 3 nitrogen and oxygen atoms in total. The van der Waals surface area contributed by atoms with Crippen molar-refractivity contribution in [3.05, 3.63) is 40.7 Å². The fourth-order valence-corrected chi connectivity index (χ4v) is 2.28. The normalized spacial score (nSPS) is 14.6. The molecule has 1 aromatic carbocycles. The maximum Gasteiger partial charge on any atom is 0.261 e. The highest BCUT2D eigenvalue weighted by molar-refractivity contribution is 6.30. The number of nitrogens with zero attached hydrogens (tertiary/aromatic N) is 1. The Balaban J connectivity index is 2.26. The molecular weight excluding hydrogens is 285 g/mol. The van der Waals surface area contributed by atoms with Crippen molar-refractivity contribution < 1.29 is 9.53 Å². The second kappa shape index (κ2) is 6.31. The van der Waals surface area contributed by atoms with Crippen molar-refractivity contribution in [2.45, 2.75) is 19.8 Å².